The van der Waals surface area contributed by atoms with Crippen LogP contribution >= 0.6 is 0 Å². The van der Waals surface area contributed by atoms with Crippen molar-refractivity contribution >= 4 is 23.8 Å². The third kappa shape index (κ3) is 4.50. The van der Waals surface area contributed by atoms with Crippen molar-refractivity contribution in [2.24, 2.45) is 5.92 Å². The molecule has 2 aliphatic rings. The fourth-order valence-corrected chi connectivity index (χ4v) is 4.02. The molecule has 4 amide bonds. The van der Waals surface area contributed by atoms with Gasteiger partial charge in [0.2, 0.25) is 11.9 Å². The van der Waals surface area contributed by atoms with Gasteiger partial charge < -0.3 is 10.2 Å². The SMILES string of the molecule is CC1(CCc2ccccc2)NC(=O)N(NC(=O)C2CCCN(c3ncccn3)C2)C1=O. The van der Waals surface area contributed by atoms with Crippen LogP contribution in [-0.4, -0.2) is 51.5 Å². The normalized spacial score (nSPS) is 23.6. The van der Waals surface area contributed by atoms with E-state index in [1.54, 1.807) is 25.4 Å². The van der Waals surface area contributed by atoms with Gasteiger partial charge in [0.05, 0.1) is 5.92 Å². The van der Waals surface area contributed by atoms with Crippen molar-refractivity contribution in [3.63, 3.8) is 0 Å². The minimum atomic E-state index is -1.06. The number of nitrogens with zero attached hydrogens (tertiary/aromatic N) is 4. The molecule has 2 unspecified atom stereocenters. The number of imide groups is 1. The lowest BCUT2D eigenvalue weighted by atomic mass is 9.93. The first-order valence-corrected chi connectivity index (χ1v) is 10.5. The fourth-order valence-electron chi connectivity index (χ4n) is 4.02. The molecule has 2 aliphatic heterocycles. The molecule has 2 N–H and O–H groups in total. The molecule has 4 rings (SSSR count). The smallest absolute Gasteiger partial charge is 0.340 e. The average molecular weight is 422 g/mol. The second kappa shape index (κ2) is 8.71. The van der Waals surface area contributed by atoms with Crippen LogP contribution in [-0.2, 0) is 16.0 Å². The van der Waals surface area contributed by atoms with Gasteiger partial charge in [0.25, 0.3) is 5.91 Å². The number of aromatic nitrogens is 2. The van der Waals surface area contributed by atoms with Crippen molar-refractivity contribution in [2.45, 2.75) is 38.1 Å². The number of hydrogen-bond acceptors (Lipinski definition) is 6. The molecule has 0 bridgehead atoms. The zero-order valence-electron chi connectivity index (χ0n) is 17.5. The molecule has 2 fully saturated rings. The number of rotatable bonds is 6. The van der Waals surface area contributed by atoms with Crippen molar-refractivity contribution in [2.75, 3.05) is 18.0 Å². The number of hydrazine groups is 1. The van der Waals surface area contributed by atoms with Gasteiger partial charge in [-0.05, 0) is 44.2 Å². The van der Waals surface area contributed by atoms with Crippen molar-refractivity contribution in [1.82, 2.24) is 25.7 Å². The third-order valence-electron chi connectivity index (χ3n) is 5.87. The first-order valence-electron chi connectivity index (χ1n) is 10.5. The molecule has 0 spiro atoms. The molecule has 1 aromatic carbocycles. The Labute approximate surface area is 180 Å². The van der Waals surface area contributed by atoms with Crippen LogP contribution in [0.3, 0.4) is 0 Å². The number of urea groups is 1. The number of piperidine rings is 1. The number of carbonyl (C=O) groups excluding carboxylic acids is 3. The van der Waals surface area contributed by atoms with Gasteiger partial charge in [-0.15, -0.1) is 0 Å². The van der Waals surface area contributed by atoms with Gasteiger partial charge in [0.15, 0.2) is 0 Å². The Morgan fingerprint density at radius 2 is 1.94 bits per heavy atom. The van der Waals surface area contributed by atoms with E-state index in [0.717, 1.165) is 23.5 Å². The van der Waals surface area contributed by atoms with E-state index in [1.165, 1.54) is 0 Å². The van der Waals surface area contributed by atoms with Crippen LogP contribution in [0.2, 0.25) is 0 Å². The van der Waals surface area contributed by atoms with Gasteiger partial charge in [0, 0.05) is 25.5 Å². The van der Waals surface area contributed by atoms with Gasteiger partial charge in [0.1, 0.15) is 5.54 Å². The molecular formula is C22H26N6O3. The summed E-state index contributed by atoms with van der Waals surface area (Å²) >= 11 is 0. The van der Waals surface area contributed by atoms with E-state index in [4.69, 9.17) is 0 Å². The van der Waals surface area contributed by atoms with Gasteiger partial charge >= 0.3 is 6.03 Å². The highest BCUT2D eigenvalue weighted by Gasteiger charge is 2.48. The highest BCUT2D eigenvalue weighted by atomic mass is 16.2. The molecular weight excluding hydrogens is 396 g/mol. The number of amides is 4. The Hall–Kier alpha value is -3.49. The van der Waals surface area contributed by atoms with E-state index in [0.29, 0.717) is 31.8 Å². The summed E-state index contributed by atoms with van der Waals surface area (Å²) in [5.74, 6) is -0.588. The number of nitrogens with one attached hydrogen (secondary N) is 2. The number of benzene rings is 1. The third-order valence-corrected chi connectivity index (χ3v) is 5.87. The summed E-state index contributed by atoms with van der Waals surface area (Å²) < 4.78 is 0. The number of carbonyl (C=O) groups is 3. The van der Waals surface area contributed by atoms with E-state index in [-0.39, 0.29) is 11.8 Å². The molecule has 3 heterocycles. The molecule has 0 saturated carbocycles. The fraction of sp³-hybridized carbons (Fsp3) is 0.409. The molecule has 31 heavy (non-hydrogen) atoms. The lowest BCUT2D eigenvalue weighted by Crippen LogP contribution is -2.52. The molecule has 9 nitrogen and oxygen atoms in total. The zero-order valence-corrected chi connectivity index (χ0v) is 17.5. The highest BCUT2D eigenvalue weighted by Crippen LogP contribution is 2.24. The Bertz CT molecular complexity index is 954. The van der Waals surface area contributed by atoms with Gasteiger partial charge in [-0.25, -0.2) is 14.8 Å². The van der Waals surface area contributed by atoms with E-state index < -0.39 is 17.5 Å². The van der Waals surface area contributed by atoms with E-state index in [2.05, 4.69) is 20.7 Å². The summed E-state index contributed by atoms with van der Waals surface area (Å²) in [6.45, 7) is 2.89. The topological polar surface area (TPSA) is 108 Å². The predicted molar refractivity (Wildman–Crippen MR) is 114 cm³/mol. The monoisotopic (exact) mass is 422 g/mol. The maximum absolute atomic E-state index is 13.0. The second-order valence-electron chi connectivity index (χ2n) is 8.20. The van der Waals surface area contributed by atoms with Gasteiger partial charge in [-0.2, -0.15) is 5.01 Å². The van der Waals surface area contributed by atoms with Gasteiger partial charge in [-0.3, -0.25) is 15.0 Å². The largest absolute Gasteiger partial charge is 0.344 e. The standard InChI is InChI=1S/C22H26N6O3/c1-22(11-10-16-7-3-2-4-8-16)19(30)28(21(31)25-22)26-18(29)17-9-5-14-27(15-17)20-23-12-6-13-24-20/h2-4,6-8,12-13,17H,5,9-11,14-15H2,1H3,(H,25,31)(H,26,29). The first-order chi connectivity index (χ1) is 15.0. The number of aryl methyl sites for hydroxylation is 1. The summed E-state index contributed by atoms with van der Waals surface area (Å²) in [6.07, 6.45) is 5.87. The van der Waals surface area contributed by atoms with Crippen LogP contribution in [0, 0.1) is 5.92 Å². The number of hydrogen-bond donors (Lipinski definition) is 2. The Kier molecular flexibility index (Phi) is 5.83. The quantitative estimate of drug-likeness (QED) is 0.686. The zero-order chi connectivity index (χ0) is 21.8. The van der Waals surface area contributed by atoms with E-state index in [9.17, 15) is 14.4 Å². The van der Waals surface area contributed by atoms with Crippen molar-refractivity contribution in [1.29, 1.82) is 0 Å². The van der Waals surface area contributed by atoms with Crippen LogP contribution in [0.1, 0.15) is 31.7 Å². The molecule has 2 aromatic rings. The Balaban J connectivity index is 1.37. The van der Waals surface area contributed by atoms with Crippen LogP contribution in [0.4, 0.5) is 10.7 Å². The molecule has 2 saturated heterocycles. The van der Waals surface area contributed by atoms with Crippen molar-refractivity contribution in [3.05, 3.63) is 54.4 Å². The summed E-state index contributed by atoms with van der Waals surface area (Å²) in [7, 11) is 0. The van der Waals surface area contributed by atoms with Gasteiger partial charge in [-0.1, -0.05) is 30.3 Å². The lowest BCUT2D eigenvalue weighted by Gasteiger charge is -2.32. The van der Waals surface area contributed by atoms with Crippen LogP contribution in [0.5, 0.6) is 0 Å². The minimum Gasteiger partial charge on any atom is -0.340 e. The van der Waals surface area contributed by atoms with Crippen LogP contribution in [0.25, 0.3) is 0 Å². The second-order valence-corrected chi connectivity index (χ2v) is 8.20. The molecule has 9 heteroatoms. The predicted octanol–water partition coefficient (Wildman–Crippen LogP) is 1.67. The maximum Gasteiger partial charge on any atom is 0.344 e. The summed E-state index contributed by atoms with van der Waals surface area (Å²) in [6, 6.07) is 10.9. The molecule has 162 valence electrons. The summed E-state index contributed by atoms with van der Waals surface area (Å²) in [4.78, 5) is 48.7. The highest BCUT2D eigenvalue weighted by molar-refractivity contribution is 6.07. The van der Waals surface area contributed by atoms with Crippen LogP contribution in [0.15, 0.2) is 48.8 Å². The Morgan fingerprint density at radius 1 is 1.19 bits per heavy atom. The maximum atomic E-state index is 13.0. The van der Waals surface area contributed by atoms with Crippen LogP contribution < -0.4 is 15.6 Å². The molecule has 2 atom stereocenters. The first kappa shape index (κ1) is 20.8. The van der Waals surface area contributed by atoms with Crippen molar-refractivity contribution in [3.8, 4) is 0 Å². The van der Waals surface area contributed by atoms with E-state index >= 15 is 0 Å². The molecule has 1 aromatic heterocycles. The minimum absolute atomic E-state index is 0.351. The molecule has 0 radical (unpaired) electrons. The average Bonchev–Trinajstić information content (AvgIpc) is 3.02. The Morgan fingerprint density at radius 3 is 2.68 bits per heavy atom. The summed E-state index contributed by atoms with van der Waals surface area (Å²) in [5, 5.41) is 3.56. The number of anilines is 1. The summed E-state index contributed by atoms with van der Waals surface area (Å²) in [5.41, 5.74) is 2.56. The van der Waals surface area contributed by atoms with E-state index in [1.807, 2.05) is 35.2 Å². The molecule has 0 aliphatic carbocycles. The van der Waals surface area contributed by atoms with Crippen molar-refractivity contribution < 1.29 is 14.4 Å². The lowest BCUT2D eigenvalue weighted by molar-refractivity contribution is -0.140.